The molecule has 0 unspecified atom stereocenters. The van der Waals surface area contributed by atoms with E-state index in [1.807, 2.05) is 31.2 Å². The van der Waals surface area contributed by atoms with E-state index in [1.165, 1.54) is 5.56 Å². The van der Waals surface area contributed by atoms with Crippen LogP contribution in [0, 0.1) is 6.92 Å². The Bertz CT molecular complexity index is 542. The van der Waals surface area contributed by atoms with E-state index < -0.39 is 0 Å². The van der Waals surface area contributed by atoms with Crippen molar-refractivity contribution in [2.45, 2.75) is 33.3 Å². The third-order valence-electron chi connectivity index (χ3n) is 3.21. The fourth-order valence-corrected chi connectivity index (χ4v) is 1.88. The van der Waals surface area contributed by atoms with Gasteiger partial charge in [-0.3, -0.25) is 0 Å². The van der Waals surface area contributed by atoms with E-state index in [1.54, 1.807) is 0 Å². The van der Waals surface area contributed by atoms with Gasteiger partial charge in [-0.1, -0.05) is 38.1 Å². The average molecular weight is 256 g/mol. The number of hydrogen-bond donors (Lipinski definition) is 1. The second-order valence-corrected chi connectivity index (χ2v) is 5.08. The molecular formula is C17H20O2. The molecule has 2 rings (SSSR count). The molecule has 2 heteroatoms. The largest absolute Gasteiger partial charge is 0.457 e. The van der Waals surface area contributed by atoms with Crippen molar-refractivity contribution in [3.05, 3.63) is 59.2 Å². The molecule has 0 fully saturated rings. The van der Waals surface area contributed by atoms with Crippen molar-refractivity contribution in [3.63, 3.8) is 0 Å². The van der Waals surface area contributed by atoms with Crippen molar-refractivity contribution in [2.75, 3.05) is 0 Å². The number of aliphatic hydroxyl groups excluding tert-OH is 1. The number of hydrogen-bond acceptors (Lipinski definition) is 2. The Morgan fingerprint density at radius 3 is 2.32 bits per heavy atom. The van der Waals surface area contributed by atoms with Crippen LogP contribution in [0.5, 0.6) is 11.5 Å². The van der Waals surface area contributed by atoms with Crippen molar-refractivity contribution >= 4 is 0 Å². The highest BCUT2D eigenvalue weighted by Crippen LogP contribution is 2.28. The molecule has 0 amide bonds. The molecule has 0 saturated carbocycles. The zero-order valence-electron chi connectivity index (χ0n) is 11.7. The lowest BCUT2D eigenvalue weighted by Gasteiger charge is -2.12. The van der Waals surface area contributed by atoms with Gasteiger partial charge in [-0.15, -0.1) is 0 Å². The van der Waals surface area contributed by atoms with Crippen LogP contribution in [0.15, 0.2) is 42.5 Å². The summed E-state index contributed by atoms with van der Waals surface area (Å²) in [4.78, 5) is 0. The first kappa shape index (κ1) is 13.6. The first-order chi connectivity index (χ1) is 9.10. The minimum absolute atomic E-state index is 0.0577. The Balaban J connectivity index is 2.23. The molecule has 19 heavy (non-hydrogen) atoms. The lowest BCUT2D eigenvalue weighted by atomic mass is 10.0. The first-order valence-electron chi connectivity index (χ1n) is 6.58. The number of benzene rings is 2. The molecule has 2 aromatic rings. The maximum absolute atomic E-state index is 9.02. The van der Waals surface area contributed by atoms with E-state index in [-0.39, 0.29) is 6.61 Å². The summed E-state index contributed by atoms with van der Waals surface area (Å²) in [5.74, 6) is 2.17. The van der Waals surface area contributed by atoms with Gasteiger partial charge in [0.1, 0.15) is 11.5 Å². The molecule has 0 saturated heterocycles. The van der Waals surface area contributed by atoms with Gasteiger partial charge in [0, 0.05) is 0 Å². The fourth-order valence-electron chi connectivity index (χ4n) is 1.88. The predicted molar refractivity (Wildman–Crippen MR) is 77.7 cm³/mol. The van der Waals surface area contributed by atoms with Gasteiger partial charge in [0.2, 0.25) is 0 Å². The fraction of sp³-hybridized carbons (Fsp3) is 0.294. The summed E-state index contributed by atoms with van der Waals surface area (Å²) in [6, 6.07) is 13.8. The summed E-state index contributed by atoms with van der Waals surface area (Å²) in [6.07, 6.45) is 0. The quantitative estimate of drug-likeness (QED) is 0.878. The molecular weight excluding hydrogens is 236 g/mol. The van der Waals surface area contributed by atoms with Crippen LogP contribution >= 0.6 is 0 Å². The summed E-state index contributed by atoms with van der Waals surface area (Å²) in [7, 11) is 0. The summed E-state index contributed by atoms with van der Waals surface area (Å²) < 4.78 is 5.92. The molecule has 2 nitrogen and oxygen atoms in total. The Kier molecular flexibility index (Phi) is 4.23. The summed E-state index contributed by atoms with van der Waals surface area (Å²) in [5.41, 5.74) is 3.28. The van der Waals surface area contributed by atoms with E-state index in [0.29, 0.717) is 5.92 Å². The smallest absolute Gasteiger partial charge is 0.130 e. The van der Waals surface area contributed by atoms with E-state index >= 15 is 0 Å². The Morgan fingerprint density at radius 2 is 1.74 bits per heavy atom. The Hall–Kier alpha value is -1.80. The zero-order chi connectivity index (χ0) is 13.8. The van der Waals surface area contributed by atoms with Gasteiger partial charge in [-0.2, -0.15) is 0 Å². The molecule has 0 aliphatic heterocycles. The van der Waals surface area contributed by atoms with E-state index in [4.69, 9.17) is 9.84 Å². The van der Waals surface area contributed by atoms with Crippen LogP contribution in [-0.4, -0.2) is 5.11 Å². The molecule has 0 atom stereocenters. The lowest BCUT2D eigenvalue weighted by Crippen LogP contribution is -1.92. The normalized spacial score (nSPS) is 10.8. The summed E-state index contributed by atoms with van der Waals surface area (Å²) in [5, 5.41) is 9.02. The minimum atomic E-state index is 0.0577. The van der Waals surface area contributed by atoms with Gasteiger partial charge < -0.3 is 9.84 Å². The molecule has 0 bridgehead atoms. The SMILES string of the molecule is Cc1ccc(C(C)C)cc1Oc1ccc(CO)cc1. The summed E-state index contributed by atoms with van der Waals surface area (Å²) in [6.45, 7) is 6.44. The standard InChI is InChI=1S/C17H20O2/c1-12(2)15-7-4-13(3)17(10-15)19-16-8-5-14(11-18)6-9-16/h4-10,12,18H,11H2,1-3H3. The van der Waals surface area contributed by atoms with Crippen LogP contribution < -0.4 is 4.74 Å². The maximum atomic E-state index is 9.02. The van der Waals surface area contributed by atoms with Crippen molar-refractivity contribution in [2.24, 2.45) is 0 Å². The molecule has 0 aliphatic carbocycles. The first-order valence-corrected chi connectivity index (χ1v) is 6.58. The average Bonchev–Trinajstić information content (AvgIpc) is 2.42. The Labute approximate surface area is 114 Å². The monoisotopic (exact) mass is 256 g/mol. The molecule has 0 radical (unpaired) electrons. The molecule has 0 heterocycles. The van der Waals surface area contributed by atoms with E-state index in [0.717, 1.165) is 22.6 Å². The van der Waals surface area contributed by atoms with Gasteiger partial charge >= 0.3 is 0 Å². The van der Waals surface area contributed by atoms with Gasteiger partial charge in [-0.05, 0) is 47.7 Å². The van der Waals surface area contributed by atoms with Crippen molar-refractivity contribution < 1.29 is 9.84 Å². The Morgan fingerprint density at radius 1 is 1.05 bits per heavy atom. The van der Waals surface area contributed by atoms with Crippen LogP contribution in [0.3, 0.4) is 0 Å². The number of rotatable bonds is 4. The zero-order valence-corrected chi connectivity index (χ0v) is 11.7. The van der Waals surface area contributed by atoms with E-state index in [9.17, 15) is 0 Å². The van der Waals surface area contributed by atoms with Crippen LogP contribution in [0.25, 0.3) is 0 Å². The van der Waals surface area contributed by atoms with Gasteiger partial charge in [0.25, 0.3) is 0 Å². The highest BCUT2D eigenvalue weighted by Gasteiger charge is 2.06. The minimum Gasteiger partial charge on any atom is -0.457 e. The molecule has 0 aromatic heterocycles. The predicted octanol–water partition coefficient (Wildman–Crippen LogP) is 4.40. The van der Waals surface area contributed by atoms with Crippen LogP contribution in [0.4, 0.5) is 0 Å². The third kappa shape index (κ3) is 3.36. The number of ether oxygens (including phenoxy) is 1. The molecule has 100 valence electrons. The topological polar surface area (TPSA) is 29.5 Å². The lowest BCUT2D eigenvalue weighted by molar-refractivity contribution is 0.281. The molecule has 0 aliphatic rings. The molecule has 0 spiro atoms. The number of aryl methyl sites for hydroxylation is 1. The highest BCUT2D eigenvalue weighted by atomic mass is 16.5. The number of aliphatic hydroxyl groups is 1. The van der Waals surface area contributed by atoms with Crippen LogP contribution in [0.1, 0.15) is 36.5 Å². The van der Waals surface area contributed by atoms with Gasteiger partial charge in [0.15, 0.2) is 0 Å². The maximum Gasteiger partial charge on any atom is 0.130 e. The van der Waals surface area contributed by atoms with Crippen molar-refractivity contribution in [3.8, 4) is 11.5 Å². The van der Waals surface area contributed by atoms with Crippen LogP contribution in [-0.2, 0) is 6.61 Å². The highest BCUT2D eigenvalue weighted by molar-refractivity contribution is 5.41. The van der Waals surface area contributed by atoms with Crippen molar-refractivity contribution in [1.82, 2.24) is 0 Å². The second-order valence-electron chi connectivity index (χ2n) is 5.08. The van der Waals surface area contributed by atoms with Gasteiger partial charge in [-0.25, -0.2) is 0 Å². The van der Waals surface area contributed by atoms with Crippen LogP contribution in [0.2, 0.25) is 0 Å². The second kappa shape index (κ2) is 5.89. The molecule has 1 N–H and O–H groups in total. The summed E-state index contributed by atoms with van der Waals surface area (Å²) >= 11 is 0. The van der Waals surface area contributed by atoms with Gasteiger partial charge in [0.05, 0.1) is 6.61 Å². The van der Waals surface area contributed by atoms with E-state index in [2.05, 4.69) is 32.0 Å². The third-order valence-corrected chi connectivity index (χ3v) is 3.21. The van der Waals surface area contributed by atoms with Crippen molar-refractivity contribution in [1.29, 1.82) is 0 Å². The molecule has 2 aromatic carbocycles.